The molecule has 2 rings (SSSR count). The second-order valence-electron chi connectivity index (χ2n) is 5.15. The Bertz CT molecular complexity index is 532. The predicted molar refractivity (Wildman–Crippen MR) is 90.0 cm³/mol. The van der Waals surface area contributed by atoms with Crippen LogP contribution < -0.4 is 5.32 Å². The number of hydrogen-bond donors (Lipinski definition) is 1. The third-order valence-corrected chi connectivity index (χ3v) is 4.44. The SMILES string of the molecule is C=CCNCC1C(c2ccc(Br)cc2)C(C#N)N1CC=C. The van der Waals surface area contributed by atoms with Gasteiger partial charge in [-0.3, -0.25) is 4.90 Å². The largest absolute Gasteiger partial charge is 0.312 e. The van der Waals surface area contributed by atoms with Crippen molar-refractivity contribution in [2.75, 3.05) is 19.6 Å². The molecule has 0 amide bonds. The van der Waals surface area contributed by atoms with E-state index in [1.165, 1.54) is 5.56 Å². The van der Waals surface area contributed by atoms with Crippen molar-refractivity contribution >= 4 is 15.9 Å². The lowest BCUT2D eigenvalue weighted by Crippen LogP contribution is -2.64. The highest BCUT2D eigenvalue weighted by Gasteiger charge is 2.48. The molecule has 0 spiro atoms. The normalized spacial score (nSPS) is 24.9. The van der Waals surface area contributed by atoms with E-state index in [4.69, 9.17) is 0 Å². The zero-order valence-electron chi connectivity index (χ0n) is 12.0. The monoisotopic (exact) mass is 345 g/mol. The van der Waals surface area contributed by atoms with Crippen LogP contribution in [0.1, 0.15) is 11.5 Å². The van der Waals surface area contributed by atoms with Crippen LogP contribution in [0.25, 0.3) is 0 Å². The van der Waals surface area contributed by atoms with Gasteiger partial charge in [0.1, 0.15) is 6.04 Å². The van der Waals surface area contributed by atoms with Gasteiger partial charge in [-0.25, -0.2) is 0 Å². The van der Waals surface area contributed by atoms with E-state index < -0.39 is 0 Å². The van der Waals surface area contributed by atoms with E-state index in [1.54, 1.807) is 0 Å². The first-order valence-electron chi connectivity index (χ1n) is 7.06. The summed E-state index contributed by atoms with van der Waals surface area (Å²) in [6.07, 6.45) is 3.72. The van der Waals surface area contributed by atoms with E-state index in [2.05, 4.69) is 57.5 Å². The van der Waals surface area contributed by atoms with Crippen LogP contribution in [0.15, 0.2) is 54.0 Å². The maximum Gasteiger partial charge on any atom is 0.107 e. The minimum atomic E-state index is -0.0836. The topological polar surface area (TPSA) is 39.1 Å². The first kappa shape index (κ1) is 16.0. The molecule has 3 unspecified atom stereocenters. The summed E-state index contributed by atoms with van der Waals surface area (Å²) in [6.45, 7) is 9.89. The molecule has 0 radical (unpaired) electrons. The Morgan fingerprint density at radius 3 is 2.57 bits per heavy atom. The molecule has 1 heterocycles. The highest BCUT2D eigenvalue weighted by Crippen LogP contribution is 2.40. The van der Waals surface area contributed by atoms with Crippen LogP contribution in [0.3, 0.4) is 0 Å². The standard InChI is InChI=1S/C17H20BrN3/c1-3-9-20-12-16-17(13-5-7-14(18)8-6-13)15(11-19)21(16)10-4-2/h3-8,15-17,20H,1-2,9-10,12H2. The fraction of sp³-hybridized carbons (Fsp3) is 0.353. The summed E-state index contributed by atoms with van der Waals surface area (Å²) in [7, 11) is 0. The Kier molecular flexibility index (Phi) is 5.75. The van der Waals surface area contributed by atoms with E-state index in [1.807, 2.05) is 24.3 Å². The maximum absolute atomic E-state index is 9.49. The zero-order valence-corrected chi connectivity index (χ0v) is 13.6. The molecular weight excluding hydrogens is 326 g/mol. The van der Waals surface area contributed by atoms with Crippen LogP contribution in [0.2, 0.25) is 0 Å². The van der Waals surface area contributed by atoms with E-state index in [-0.39, 0.29) is 12.0 Å². The third kappa shape index (κ3) is 3.44. The van der Waals surface area contributed by atoms with Crippen LogP contribution in [0.4, 0.5) is 0 Å². The van der Waals surface area contributed by atoms with Gasteiger partial charge in [0.15, 0.2) is 0 Å². The van der Waals surface area contributed by atoms with Gasteiger partial charge in [-0.15, -0.1) is 13.2 Å². The van der Waals surface area contributed by atoms with Crippen LogP contribution in [0, 0.1) is 11.3 Å². The molecule has 110 valence electrons. The number of likely N-dealkylation sites (tertiary alicyclic amines) is 1. The first-order valence-corrected chi connectivity index (χ1v) is 7.85. The lowest BCUT2D eigenvalue weighted by Gasteiger charge is -2.52. The fourth-order valence-electron chi connectivity index (χ4n) is 2.95. The minimum absolute atomic E-state index is 0.0836. The molecule has 0 bridgehead atoms. The lowest BCUT2D eigenvalue weighted by atomic mass is 9.75. The second-order valence-corrected chi connectivity index (χ2v) is 6.07. The maximum atomic E-state index is 9.49. The molecule has 1 N–H and O–H groups in total. The molecule has 1 fully saturated rings. The number of nitriles is 1. The summed E-state index contributed by atoms with van der Waals surface area (Å²) in [5.41, 5.74) is 1.22. The molecule has 0 aliphatic carbocycles. The second kappa shape index (κ2) is 7.56. The summed E-state index contributed by atoms with van der Waals surface area (Å²) >= 11 is 3.46. The fourth-order valence-corrected chi connectivity index (χ4v) is 3.21. The molecule has 1 aliphatic heterocycles. The van der Waals surface area contributed by atoms with E-state index in [0.717, 1.165) is 24.1 Å². The summed E-state index contributed by atoms with van der Waals surface area (Å²) in [4.78, 5) is 2.20. The number of rotatable bonds is 7. The molecular formula is C17H20BrN3. The molecule has 1 aromatic carbocycles. The van der Waals surface area contributed by atoms with Crippen LogP contribution >= 0.6 is 15.9 Å². The minimum Gasteiger partial charge on any atom is -0.312 e. The number of halogens is 1. The smallest absolute Gasteiger partial charge is 0.107 e. The molecule has 3 atom stereocenters. The molecule has 0 saturated carbocycles. The molecule has 1 aliphatic rings. The zero-order chi connectivity index (χ0) is 15.2. The van der Waals surface area contributed by atoms with Gasteiger partial charge in [0.2, 0.25) is 0 Å². The van der Waals surface area contributed by atoms with Crippen LogP contribution in [-0.2, 0) is 0 Å². The van der Waals surface area contributed by atoms with Gasteiger partial charge in [0, 0.05) is 36.1 Å². The number of nitrogens with one attached hydrogen (secondary N) is 1. The Morgan fingerprint density at radius 1 is 1.29 bits per heavy atom. The molecule has 1 saturated heterocycles. The molecule has 3 nitrogen and oxygen atoms in total. The van der Waals surface area contributed by atoms with Crippen molar-refractivity contribution in [2.24, 2.45) is 0 Å². The van der Waals surface area contributed by atoms with Gasteiger partial charge >= 0.3 is 0 Å². The average Bonchev–Trinajstić information content (AvgIpc) is 2.49. The van der Waals surface area contributed by atoms with Crippen molar-refractivity contribution in [3.05, 3.63) is 59.6 Å². The molecule has 1 aromatic rings. The van der Waals surface area contributed by atoms with Crippen LogP contribution in [0.5, 0.6) is 0 Å². The highest BCUT2D eigenvalue weighted by atomic mass is 79.9. The van der Waals surface area contributed by atoms with Crippen molar-refractivity contribution in [3.8, 4) is 6.07 Å². The molecule has 0 aromatic heterocycles. The molecule has 21 heavy (non-hydrogen) atoms. The van der Waals surface area contributed by atoms with Gasteiger partial charge in [0.25, 0.3) is 0 Å². The third-order valence-electron chi connectivity index (χ3n) is 3.91. The van der Waals surface area contributed by atoms with E-state index in [9.17, 15) is 5.26 Å². The van der Waals surface area contributed by atoms with Gasteiger partial charge in [-0.1, -0.05) is 40.2 Å². The summed E-state index contributed by atoms with van der Waals surface area (Å²) in [5, 5.41) is 12.9. The lowest BCUT2D eigenvalue weighted by molar-refractivity contribution is 0.0299. The number of nitrogens with zero attached hydrogens (tertiary/aromatic N) is 2. The number of benzene rings is 1. The first-order chi connectivity index (χ1) is 10.2. The summed E-state index contributed by atoms with van der Waals surface area (Å²) in [5.74, 6) is 0.236. The Labute approximate surface area is 135 Å². The number of hydrogen-bond acceptors (Lipinski definition) is 3. The van der Waals surface area contributed by atoms with E-state index in [0.29, 0.717) is 6.04 Å². The van der Waals surface area contributed by atoms with Crippen molar-refractivity contribution in [1.29, 1.82) is 5.26 Å². The van der Waals surface area contributed by atoms with Gasteiger partial charge in [0.05, 0.1) is 6.07 Å². The van der Waals surface area contributed by atoms with Crippen LogP contribution in [-0.4, -0.2) is 36.6 Å². The predicted octanol–water partition coefficient (Wildman–Crippen LogP) is 3.07. The highest BCUT2D eigenvalue weighted by molar-refractivity contribution is 9.10. The van der Waals surface area contributed by atoms with Gasteiger partial charge < -0.3 is 5.32 Å². The Balaban J connectivity index is 2.18. The van der Waals surface area contributed by atoms with Crippen molar-refractivity contribution < 1.29 is 0 Å². The van der Waals surface area contributed by atoms with Crippen molar-refractivity contribution in [3.63, 3.8) is 0 Å². The molecule has 4 heteroatoms. The van der Waals surface area contributed by atoms with Crippen molar-refractivity contribution in [2.45, 2.75) is 18.0 Å². The Hall–Kier alpha value is -1.41. The quantitative estimate of drug-likeness (QED) is 0.609. The summed E-state index contributed by atoms with van der Waals surface area (Å²) in [6, 6.07) is 10.9. The van der Waals surface area contributed by atoms with Crippen molar-refractivity contribution in [1.82, 2.24) is 10.2 Å². The van der Waals surface area contributed by atoms with Gasteiger partial charge in [-0.05, 0) is 17.7 Å². The average molecular weight is 346 g/mol. The van der Waals surface area contributed by atoms with Gasteiger partial charge in [-0.2, -0.15) is 5.26 Å². The summed E-state index contributed by atoms with van der Waals surface area (Å²) < 4.78 is 1.06. The van der Waals surface area contributed by atoms with E-state index >= 15 is 0 Å². The Morgan fingerprint density at radius 2 is 2.00 bits per heavy atom.